The van der Waals surface area contributed by atoms with E-state index in [0.717, 1.165) is 0 Å². The maximum Gasteiger partial charge on any atom is 0.509 e. The van der Waals surface area contributed by atoms with Gasteiger partial charge in [0.05, 0.1) is 12.3 Å². The van der Waals surface area contributed by atoms with Gasteiger partial charge in [0, 0.05) is 0 Å². The zero-order valence-corrected chi connectivity index (χ0v) is 16.2. The van der Waals surface area contributed by atoms with Crippen LogP contribution in [0, 0.1) is 5.92 Å². The number of carbonyl (C=O) groups excluding carboxylic acids is 2. The predicted molar refractivity (Wildman–Crippen MR) is 96.9 cm³/mol. The lowest BCUT2D eigenvalue weighted by Gasteiger charge is -2.27. The van der Waals surface area contributed by atoms with Gasteiger partial charge in [0.2, 0.25) is 0 Å². The fourth-order valence-corrected chi connectivity index (χ4v) is 3.50. The summed E-state index contributed by atoms with van der Waals surface area (Å²) >= 11 is 0. The molecule has 2 N–H and O–H groups in total. The van der Waals surface area contributed by atoms with Crippen molar-refractivity contribution in [2.45, 2.75) is 44.7 Å². The Hall–Kier alpha value is -3.08. The lowest BCUT2D eigenvalue weighted by Crippen LogP contribution is -2.44. The zero-order valence-electron chi connectivity index (χ0n) is 16.2. The van der Waals surface area contributed by atoms with Crippen molar-refractivity contribution in [1.29, 1.82) is 0 Å². The lowest BCUT2D eigenvalue weighted by molar-refractivity contribution is -0.116. The van der Waals surface area contributed by atoms with Crippen molar-refractivity contribution in [3.63, 3.8) is 0 Å². The number of rotatable bonds is 5. The van der Waals surface area contributed by atoms with Crippen LogP contribution in [-0.4, -0.2) is 57.9 Å². The van der Waals surface area contributed by atoms with Crippen molar-refractivity contribution in [2.75, 3.05) is 18.9 Å². The SMILES string of the molecule is CC(C)COC(=O)OC[C@@]1(C)O[C@@H](c2ccc3c(N)ncnn23)[C@@H]2OC(=O)O[C@@H]21. The molecule has 11 heteroatoms. The summed E-state index contributed by atoms with van der Waals surface area (Å²) in [5.41, 5.74) is 5.95. The molecule has 0 aliphatic carbocycles. The number of hydrogen-bond donors (Lipinski definition) is 1. The van der Waals surface area contributed by atoms with Gasteiger partial charge in [0.25, 0.3) is 0 Å². The molecule has 0 bridgehead atoms. The molecular formula is C18H22N4O7. The molecule has 0 aromatic carbocycles. The molecule has 4 rings (SSSR count). The van der Waals surface area contributed by atoms with Crippen LogP contribution < -0.4 is 5.73 Å². The van der Waals surface area contributed by atoms with E-state index in [1.165, 1.54) is 6.33 Å². The Morgan fingerprint density at radius 3 is 2.90 bits per heavy atom. The molecule has 0 spiro atoms. The van der Waals surface area contributed by atoms with Crippen LogP contribution in [0.2, 0.25) is 0 Å². The van der Waals surface area contributed by atoms with Crippen molar-refractivity contribution >= 4 is 23.6 Å². The van der Waals surface area contributed by atoms with E-state index in [2.05, 4.69) is 10.1 Å². The summed E-state index contributed by atoms with van der Waals surface area (Å²) < 4.78 is 28.6. The monoisotopic (exact) mass is 406 g/mol. The van der Waals surface area contributed by atoms with Gasteiger partial charge in [-0.05, 0) is 25.0 Å². The molecule has 2 aromatic rings. The third-order valence-electron chi connectivity index (χ3n) is 4.86. The smallest absolute Gasteiger partial charge is 0.434 e. The maximum absolute atomic E-state index is 11.9. The summed E-state index contributed by atoms with van der Waals surface area (Å²) in [5.74, 6) is 0.482. The van der Waals surface area contributed by atoms with Gasteiger partial charge >= 0.3 is 12.3 Å². The molecule has 2 aliphatic rings. The van der Waals surface area contributed by atoms with E-state index in [9.17, 15) is 9.59 Å². The van der Waals surface area contributed by atoms with Crippen LogP contribution in [0.3, 0.4) is 0 Å². The van der Waals surface area contributed by atoms with Crippen LogP contribution in [0.15, 0.2) is 18.5 Å². The van der Waals surface area contributed by atoms with Gasteiger partial charge in [0.1, 0.15) is 30.2 Å². The third-order valence-corrected chi connectivity index (χ3v) is 4.86. The molecule has 11 nitrogen and oxygen atoms in total. The fourth-order valence-electron chi connectivity index (χ4n) is 3.50. The van der Waals surface area contributed by atoms with Crippen molar-refractivity contribution in [2.24, 2.45) is 5.92 Å². The maximum atomic E-state index is 11.9. The fraction of sp³-hybridized carbons (Fsp3) is 0.556. The normalized spacial score (nSPS) is 28.3. The third kappa shape index (κ3) is 3.41. The quantitative estimate of drug-likeness (QED) is 0.732. The second-order valence-electron chi connectivity index (χ2n) is 7.67. The first-order chi connectivity index (χ1) is 13.8. The summed E-state index contributed by atoms with van der Waals surface area (Å²) in [5, 5.41) is 4.20. The first-order valence-electron chi connectivity index (χ1n) is 9.21. The largest absolute Gasteiger partial charge is 0.509 e. The number of fused-ring (bicyclic) bond motifs is 2. The summed E-state index contributed by atoms with van der Waals surface area (Å²) in [7, 11) is 0. The average Bonchev–Trinajstić information content (AvgIpc) is 3.33. The van der Waals surface area contributed by atoms with E-state index in [4.69, 9.17) is 29.4 Å². The van der Waals surface area contributed by atoms with Crippen LogP contribution in [0.4, 0.5) is 15.4 Å². The van der Waals surface area contributed by atoms with Crippen LogP contribution in [0.25, 0.3) is 5.52 Å². The summed E-state index contributed by atoms with van der Waals surface area (Å²) in [6.07, 6.45) is -2.52. The second kappa shape index (κ2) is 7.07. The summed E-state index contributed by atoms with van der Waals surface area (Å²) in [6.45, 7) is 5.56. The molecule has 2 aliphatic heterocycles. The van der Waals surface area contributed by atoms with Crippen molar-refractivity contribution in [1.82, 2.24) is 14.6 Å². The highest BCUT2D eigenvalue weighted by molar-refractivity contribution is 5.66. The van der Waals surface area contributed by atoms with Gasteiger partial charge in [-0.15, -0.1) is 0 Å². The topological polar surface area (TPSA) is 136 Å². The van der Waals surface area contributed by atoms with Crippen molar-refractivity contribution < 1.29 is 33.3 Å². The molecule has 0 amide bonds. The predicted octanol–water partition coefficient (Wildman–Crippen LogP) is 1.85. The van der Waals surface area contributed by atoms with Crippen LogP contribution in [0.1, 0.15) is 32.6 Å². The van der Waals surface area contributed by atoms with E-state index in [1.54, 1.807) is 23.6 Å². The van der Waals surface area contributed by atoms with Crippen molar-refractivity contribution in [3.8, 4) is 0 Å². The van der Waals surface area contributed by atoms with E-state index >= 15 is 0 Å². The van der Waals surface area contributed by atoms with Gasteiger partial charge in [-0.25, -0.2) is 19.1 Å². The summed E-state index contributed by atoms with van der Waals surface area (Å²) in [4.78, 5) is 27.6. The van der Waals surface area contributed by atoms with Gasteiger partial charge in [-0.3, -0.25) is 0 Å². The average molecular weight is 406 g/mol. The van der Waals surface area contributed by atoms with Gasteiger partial charge in [-0.2, -0.15) is 5.10 Å². The molecule has 29 heavy (non-hydrogen) atoms. The summed E-state index contributed by atoms with van der Waals surface area (Å²) in [6, 6.07) is 3.51. The lowest BCUT2D eigenvalue weighted by atomic mass is 9.97. The van der Waals surface area contributed by atoms with E-state index in [0.29, 0.717) is 17.0 Å². The molecule has 4 atom stereocenters. The highest BCUT2D eigenvalue weighted by Crippen LogP contribution is 2.46. The number of carbonyl (C=O) groups is 2. The molecule has 0 radical (unpaired) electrons. The minimum Gasteiger partial charge on any atom is -0.434 e. The van der Waals surface area contributed by atoms with Crippen LogP contribution in [0.5, 0.6) is 0 Å². The highest BCUT2D eigenvalue weighted by Gasteiger charge is 2.62. The molecule has 0 unspecified atom stereocenters. The standard InChI is InChI=1S/C18H22N4O7/c1-9(2)6-25-16(23)26-7-18(3)14-13(27-17(24)28-14)12(29-18)10-4-5-11-15(19)20-8-21-22(10)11/h4-5,8-9,12-14H,6-7H2,1-3H3,(H2,19,20,21)/t12-,13-,14-,18+/m0/s1. The Labute approximate surface area is 166 Å². The van der Waals surface area contributed by atoms with E-state index < -0.39 is 36.2 Å². The molecular weight excluding hydrogens is 384 g/mol. The van der Waals surface area contributed by atoms with Gasteiger partial charge < -0.3 is 29.4 Å². The Kier molecular flexibility index (Phi) is 4.69. The first kappa shape index (κ1) is 19.2. The Morgan fingerprint density at radius 1 is 1.34 bits per heavy atom. The Bertz CT molecular complexity index is 945. The number of hydrogen-bond acceptors (Lipinski definition) is 10. The number of nitrogen functional groups attached to an aromatic ring is 1. The number of nitrogens with zero attached hydrogens (tertiary/aromatic N) is 3. The molecule has 0 saturated carbocycles. The molecule has 4 heterocycles. The number of ether oxygens (including phenoxy) is 5. The Morgan fingerprint density at radius 2 is 2.14 bits per heavy atom. The van der Waals surface area contributed by atoms with E-state index in [1.807, 2.05) is 13.8 Å². The number of anilines is 1. The first-order valence-corrected chi connectivity index (χ1v) is 9.21. The van der Waals surface area contributed by atoms with E-state index in [-0.39, 0.29) is 19.1 Å². The van der Waals surface area contributed by atoms with Gasteiger partial charge in [0.15, 0.2) is 18.0 Å². The second-order valence-corrected chi connectivity index (χ2v) is 7.67. The minimum atomic E-state index is -1.14. The number of nitrogens with two attached hydrogens (primary N) is 1. The van der Waals surface area contributed by atoms with Gasteiger partial charge in [-0.1, -0.05) is 13.8 Å². The van der Waals surface area contributed by atoms with Crippen LogP contribution >= 0.6 is 0 Å². The zero-order chi connectivity index (χ0) is 20.8. The minimum absolute atomic E-state index is 0.177. The molecule has 2 saturated heterocycles. The number of aromatic nitrogens is 3. The molecule has 2 fully saturated rings. The molecule has 2 aromatic heterocycles. The van der Waals surface area contributed by atoms with Crippen LogP contribution in [-0.2, 0) is 23.7 Å². The Balaban J connectivity index is 1.57. The highest BCUT2D eigenvalue weighted by atomic mass is 16.8. The molecule has 156 valence electrons. The van der Waals surface area contributed by atoms with Crippen molar-refractivity contribution in [3.05, 3.63) is 24.2 Å².